The molecule has 1 aromatic heterocycles. The summed E-state index contributed by atoms with van der Waals surface area (Å²) in [4.78, 5) is 0. The van der Waals surface area contributed by atoms with Crippen LogP contribution < -0.4 is 15.7 Å². The highest BCUT2D eigenvalue weighted by Gasteiger charge is 2.37. The first kappa shape index (κ1) is 16.7. The number of nitrogens with one attached hydrogen (secondary N) is 1. The number of rotatable bonds is 3. The van der Waals surface area contributed by atoms with Crippen molar-refractivity contribution < 1.29 is 4.57 Å². The average Bonchev–Trinajstić information content (AvgIpc) is 2.79. The molecule has 3 rings (SSSR count). The highest BCUT2D eigenvalue weighted by molar-refractivity contribution is 7.80. The lowest BCUT2D eigenvalue weighted by molar-refractivity contribution is -0.686. The summed E-state index contributed by atoms with van der Waals surface area (Å²) < 4.78 is 4.66. The standard InChI is InChI=1S/C18H30N4S/c1-13-16(14-9-5-3-6-10-14)22(20-18(19)23)17(21(13)2)15-11-7-4-8-12-15/h14-15H,3-12H2,1-2H3,(H2-,19,20,23)/p+1. The van der Waals surface area contributed by atoms with Gasteiger partial charge in [0.1, 0.15) is 5.69 Å². The molecule has 1 aromatic rings. The lowest BCUT2D eigenvalue weighted by Crippen LogP contribution is -2.40. The maximum Gasteiger partial charge on any atom is 0.283 e. The van der Waals surface area contributed by atoms with Crippen molar-refractivity contribution in [2.75, 3.05) is 5.43 Å². The number of hydrogen-bond donors (Lipinski definition) is 2. The second-order valence-electron chi connectivity index (χ2n) is 7.37. The molecule has 0 bridgehead atoms. The number of imidazole rings is 1. The average molecular weight is 336 g/mol. The molecule has 3 N–H and O–H groups in total. The number of nitrogens with zero attached hydrogens (tertiary/aromatic N) is 2. The van der Waals surface area contributed by atoms with Gasteiger partial charge in [-0.25, -0.2) is 4.57 Å². The van der Waals surface area contributed by atoms with Crippen molar-refractivity contribution in [3.8, 4) is 0 Å². The minimum atomic E-state index is 0.370. The predicted molar refractivity (Wildman–Crippen MR) is 98.1 cm³/mol. The van der Waals surface area contributed by atoms with E-state index in [1.54, 1.807) is 0 Å². The van der Waals surface area contributed by atoms with Crippen LogP contribution in [0.3, 0.4) is 0 Å². The maximum atomic E-state index is 5.87. The predicted octanol–water partition coefficient (Wildman–Crippen LogP) is 3.50. The second kappa shape index (κ2) is 7.20. The van der Waals surface area contributed by atoms with Gasteiger partial charge in [-0.15, -0.1) is 4.68 Å². The fourth-order valence-corrected chi connectivity index (χ4v) is 4.77. The van der Waals surface area contributed by atoms with Crippen LogP contribution in [0.15, 0.2) is 0 Å². The summed E-state index contributed by atoms with van der Waals surface area (Å²) >= 11 is 5.19. The van der Waals surface area contributed by atoms with E-state index < -0.39 is 0 Å². The quantitative estimate of drug-likeness (QED) is 0.656. The van der Waals surface area contributed by atoms with Crippen molar-refractivity contribution in [3.63, 3.8) is 0 Å². The van der Waals surface area contributed by atoms with Gasteiger partial charge in [0, 0.05) is 12.8 Å². The summed E-state index contributed by atoms with van der Waals surface area (Å²) in [5.74, 6) is 2.62. The summed E-state index contributed by atoms with van der Waals surface area (Å²) in [5, 5.41) is 0.370. The first-order chi connectivity index (χ1) is 11.1. The first-order valence-corrected chi connectivity index (χ1v) is 9.68. The highest BCUT2D eigenvalue weighted by atomic mass is 32.1. The van der Waals surface area contributed by atoms with E-state index in [9.17, 15) is 0 Å². The van der Waals surface area contributed by atoms with Gasteiger partial charge in [-0.3, -0.25) is 0 Å². The van der Waals surface area contributed by atoms with E-state index in [4.69, 9.17) is 18.0 Å². The van der Waals surface area contributed by atoms with Crippen molar-refractivity contribution in [1.29, 1.82) is 0 Å². The van der Waals surface area contributed by atoms with Crippen LogP contribution in [-0.2, 0) is 7.05 Å². The highest BCUT2D eigenvalue weighted by Crippen LogP contribution is 2.37. The van der Waals surface area contributed by atoms with E-state index in [2.05, 4.69) is 28.6 Å². The van der Waals surface area contributed by atoms with Crippen molar-refractivity contribution in [2.24, 2.45) is 12.8 Å². The molecule has 0 aliphatic heterocycles. The van der Waals surface area contributed by atoms with Gasteiger partial charge in [-0.05, 0) is 37.9 Å². The molecule has 128 valence electrons. The van der Waals surface area contributed by atoms with E-state index in [1.807, 2.05) is 0 Å². The van der Waals surface area contributed by atoms with Gasteiger partial charge in [0.25, 0.3) is 5.82 Å². The second-order valence-corrected chi connectivity index (χ2v) is 7.81. The van der Waals surface area contributed by atoms with Crippen LogP contribution >= 0.6 is 12.2 Å². The van der Waals surface area contributed by atoms with Crippen LogP contribution in [0.4, 0.5) is 0 Å². The monoisotopic (exact) mass is 335 g/mol. The van der Waals surface area contributed by atoms with Gasteiger partial charge >= 0.3 is 0 Å². The van der Waals surface area contributed by atoms with Crippen LogP contribution in [-0.4, -0.2) is 9.79 Å². The Morgan fingerprint density at radius 2 is 1.57 bits per heavy atom. The Kier molecular flexibility index (Phi) is 5.24. The summed E-state index contributed by atoms with van der Waals surface area (Å²) in [7, 11) is 2.21. The van der Waals surface area contributed by atoms with E-state index in [0.29, 0.717) is 16.9 Å². The first-order valence-electron chi connectivity index (χ1n) is 9.27. The summed E-state index contributed by atoms with van der Waals surface area (Å²) in [6, 6.07) is 0. The third-order valence-electron chi connectivity index (χ3n) is 5.87. The molecule has 2 saturated carbocycles. The van der Waals surface area contributed by atoms with Crippen molar-refractivity contribution in [1.82, 2.24) is 4.68 Å². The zero-order valence-electron chi connectivity index (χ0n) is 14.6. The van der Waals surface area contributed by atoms with Crippen LogP contribution in [0.5, 0.6) is 0 Å². The molecule has 1 heterocycles. The summed E-state index contributed by atoms with van der Waals surface area (Å²) in [5.41, 5.74) is 12.0. The third kappa shape index (κ3) is 3.39. The topological polar surface area (TPSA) is 46.9 Å². The molecule has 0 radical (unpaired) electrons. The molecule has 4 nitrogen and oxygen atoms in total. The number of thiocarbonyl (C=S) groups is 1. The van der Waals surface area contributed by atoms with Crippen LogP contribution in [0.25, 0.3) is 0 Å². The van der Waals surface area contributed by atoms with Gasteiger partial charge in [0.15, 0.2) is 10.8 Å². The Bertz CT molecular complexity index is 525. The largest absolute Gasteiger partial charge is 0.374 e. The van der Waals surface area contributed by atoms with Crippen LogP contribution in [0.2, 0.25) is 0 Å². The molecule has 0 saturated heterocycles. The fraction of sp³-hybridized carbons (Fsp3) is 0.778. The Balaban J connectivity index is 2.04. The normalized spacial score (nSPS) is 20.6. The molecular weight excluding hydrogens is 304 g/mol. The van der Waals surface area contributed by atoms with E-state index in [1.165, 1.54) is 81.4 Å². The zero-order chi connectivity index (χ0) is 16.4. The number of hydrogen-bond acceptors (Lipinski definition) is 1. The smallest absolute Gasteiger partial charge is 0.283 e. The lowest BCUT2D eigenvalue weighted by atomic mass is 9.86. The molecule has 5 heteroatoms. The summed E-state index contributed by atoms with van der Waals surface area (Å²) in [6.45, 7) is 2.26. The van der Waals surface area contributed by atoms with Crippen LogP contribution in [0, 0.1) is 6.92 Å². The molecule has 0 atom stereocenters. The van der Waals surface area contributed by atoms with Crippen molar-refractivity contribution in [2.45, 2.75) is 83.0 Å². The zero-order valence-corrected chi connectivity index (χ0v) is 15.4. The maximum absolute atomic E-state index is 5.87. The third-order valence-corrected chi connectivity index (χ3v) is 5.96. The number of aromatic nitrogens is 2. The Morgan fingerprint density at radius 3 is 2.09 bits per heavy atom. The van der Waals surface area contributed by atoms with E-state index >= 15 is 0 Å². The summed E-state index contributed by atoms with van der Waals surface area (Å²) in [6.07, 6.45) is 13.2. The minimum absolute atomic E-state index is 0.370. The van der Waals surface area contributed by atoms with Gasteiger partial charge in [-0.2, -0.15) is 5.43 Å². The Hall–Kier alpha value is -1.10. The molecule has 0 aromatic carbocycles. The molecule has 0 unspecified atom stereocenters. The van der Waals surface area contributed by atoms with Gasteiger partial charge in [0.2, 0.25) is 0 Å². The van der Waals surface area contributed by atoms with Crippen LogP contribution in [0.1, 0.15) is 93.3 Å². The minimum Gasteiger partial charge on any atom is -0.374 e. The van der Waals surface area contributed by atoms with Crippen molar-refractivity contribution >= 4 is 17.3 Å². The Morgan fingerprint density at radius 1 is 1.04 bits per heavy atom. The molecule has 0 spiro atoms. The molecule has 2 fully saturated rings. The van der Waals surface area contributed by atoms with E-state index in [-0.39, 0.29) is 0 Å². The molecule has 2 aliphatic carbocycles. The lowest BCUT2D eigenvalue weighted by Gasteiger charge is -2.22. The molecule has 0 amide bonds. The SMILES string of the molecule is Cc1c(C2CCCCC2)n(NC(N)=S)c(C2CCCCC2)[n+]1C. The van der Waals surface area contributed by atoms with E-state index in [0.717, 1.165) is 0 Å². The molecule has 2 aliphatic rings. The van der Waals surface area contributed by atoms with Gasteiger partial charge in [0.05, 0.1) is 13.0 Å². The fourth-order valence-electron chi connectivity index (χ4n) is 4.68. The van der Waals surface area contributed by atoms with Gasteiger partial charge < -0.3 is 5.73 Å². The molecule has 23 heavy (non-hydrogen) atoms. The van der Waals surface area contributed by atoms with Crippen molar-refractivity contribution in [3.05, 3.63) is 17.2 Å². The molecular formula is C18H31N4S+. The van der Waals surface area contributed by atoms with Gasteiger partial charge in [-0.1, -0.05) is 38.5 Å². The Labute approximate surface area is 145 Å². The number of nitrogens with two attached hydrogens (primary N) is 1.